The van der Waals surface area contributed by atoms with E-state index in [0.29, 0.717) is 13.1 Å². The lowest BCUT2D eigenvalue weighted by molar-refractivity contribution is -0.125. The maximum atomic E-state index is 13.0. The zero-order valence-corrected chi connectivity index (χ0v) is 14.7. The smallest absolute Gasteiger partial charge is 0.237 e. The normalized spacial score (nSPS) is 18.8. The minimum absolute atomic E-state index is 0.0800. The fraction of sp³-hybridized carbons (Fsp3) is 0.632. The molecular formula is C19H29FN2O2. The van der Waals surface area contributed by atoms with E-state index in [1.165, 1.54) is 12.1 Å². The molecule has 2 N–H and O–H groups in total. The Hall–Kier alpha value is -1.46. The zero-order chi connectivity index (χ0) is 17.6. The number of hydrogen-bond donors (Lipinski definition) is 2. The van der Waals surface area contributed by atoms with E-state index < -0.39 is 0 Å². The highest BCUT2D eigenvalue weighted by atomic mass is 19.1. The first-order chi connectivity index (χ1) is 11.4. The summed E-state index contributed by atoms with van der Waals surface area (Å²) in [5.41, 5.74) is 0.938. The van der Waals surface area contributed by atoms with Crippen LogP contribution in [0.2, 0.25) is 0 Å². The largest absolute Gasteiger partial charge is 0.396 e. The van der Waals surface area contributed by atoms with Gasteiger partial charge in [0.05, 0.1) is 6.04 Å². The van der Waals surface area contributed by atoms with Gasteiger partial charge in [-0.2, -0.15) is 0 Å². The van der Waals surface area contributed by atoms with Gasteiger partial charge in [0, 0.05) is 19.7 Å². The number of nitrogens with one attached hydrogen (secondary N) is 1. The molecule has 1 unspecified atom stereocenters. The highest BCUT2D eigenvalue weighted by molar-refractivity contribution is 5.82. The van der Waals surface area contributed by atoms with Gasteiger partial charge in [0.15, 0.2) is 0 Å². The Labute approximate surface area is 144 Å². The number of aliphatic hydroxyl groups is 1. The second-order valence-corrected chi connectivity index (χ2v) is 7.47. The third-order valence-corrected chi connectivity index (χ3v) is 4.72. The van der Waals surface area contributed by atoms with Crippen LogP contribution >= 0.6 is 0 Å². The lowest BCUT2D eigenvalue weighted by atomic mass is 9.89. The van der Waals surface area contributed by atoms with Crippen LogP contribution in [0.3, 0.4) is 0 Å². The van der Waals surface area contributed by atoms with Crippen LogP contribution in [0.1, 0.15) is 45.1 Å². The fourth-order valence-corrected chi connectivity index (χ4v) is 3.11. The van der Waals surface area contributed by atoms with Crippen molar-refractivity contribution in [1.82, 2.24) is 10.2 Å². The number of rotatable bonds is 8. The molecule has 0 saturated carbocycles. The lowest BCUT2D eigenvalue weighted by Crippen LogP contribution is -2.43. The molecule has 1 aromatic carbocycles. The monoisotopic (exact) mass is 336 g/mol. The van der Waals surface area contributed by atoms with Crippen LogP contribution < -0.4 is 5.32 Å². The van der Waals surface area contributed by atoms with E-state index in [-0.39, 0.29) is 29.8 Å². The highest BCUT2D eigenvalue weighted by Crippen LogP contribution is 2.22. The van der Waals surface area contributed by atoms with Crippen LogP contribution in [0, 0.1) is 11.2 Å². The molecule has 24 heavy (non-hydrogen) atoms. The van der Waals surface area contributed by atoms with E-state index in [2.05, 4.69) is 10.2 Å². The van der Waals surface area contributed by atoms with E-state index >= 15 is 0 Å². The number of carbonyl (C=O) groups is 1. The molecule has 0 aliphatic carbocycles. The van der Waals surface area contributed by atoms with E-state index in [1.54, 1.807) is 12.1 Å². The van der Waals surface area contributed by atoms with Gasteiger partial charge < -0.3 is 10.4 Å². The van der Waals surface area contributed by atoms with Crippen LogP contribution in [0.25, 0.3) is 0 Å². The van der Waals surface area contributed by atoms with Crippen LogP contribution in [-0.2, 0) is 11.3 Å². The summed E-state index contributed by atoms with van der Waals surface area (Å²) in [7, 11) is 0. The van der Waals surface area contributed by atoms with Crippen molar-refractivity contribution in [2.24, 2.45) is 5.41 Å². The summed E-state index contributed by atoms with van der Waals surface area (Å²) < 4.78 is 13.0. The SMILES string of the molecule is CC(C)(CO)CCCNC(=O)C1CCCN1Cc1ccc(F)cc1. The van der Waals surface area contributed by atoms with E-state index in [4.69, 9.17) is 0 Å². The van der Waals surface area contributed by atoms with Gasteiger partial charge in [-0.05, 0) is 55.3 Å². The Kier molecular flexibility index (Phi) is 6.75. The first-order valence-corrected chi connectivity index (χ1v) is 8.78. The summed E-state index contributed by atoms with van der Waals surface area (Å²) in [6.45, 7) is 6.42. The second kappa shape index (κ2) is 8.58. The minimum atomic E-state index is -0.236. The van der Waals surface area contributed by atoms with Crippen molar-refractivity contribution in [3.05, 3.63) is 35.6 Å². The molecule has 2 rings (SSSR count). The molecule has 4 nitrogen and oxygen atoms in total. The Morgan fingerprint density at radius 2 is 2.08 bits per heavy atom. The maximum Gasteiger partial charge on any atom is 0.237 e. The molecule has 1 aliphatic heterocycles. The van der Waals surface area contributed by atoms with Gasteiger partial charge in [0.2, 0.25) is 5.91 Å². The number of amides is 1. The summed E-state index contributed by atoms with van der Waals surface area (Å²) in [5.74, 6) is -0.156. The summed E-state index contributed by atoms with van der Waals surface area (Å²) in [6, 6.07) is 6.38. The number of hydrogen-bond acceptors (Lipinski definition) is 3. The molecule has 1 atom stereocenters. The van der Waals surface area contributed by atoms with Gasteiger partial charge in [0.25, 0.3) is 0 Å². The van der Waals surface area contributed by atoms with Crippen molar-refractivity contribution in [1.29, 1.82) is 0 Å². The highest BCUT2D eigenvalue weighted by Gasteiger charge is 2.30. The molecule has 134 valence electrons. The quantitative estimate of drug-likeness (QED) is 0.718. The predicted octanol–water partition coefficient (Wildman–Crippen LogP) is 2.71. The second-order valence-electron chi connectivity index (χ2n) is 7.47. The number of benzene rings is 1. The Morgan fingerprint density at radius 1 is 1.38 bits per heavy atom. The van der Waals surface area contributed by atoms with Gasteiger partial charge in [-0.25, -0.2) is 4.39 Å². The number of nitrogens with zero attached hydrogens (tertiary/aromatic N) is 1. The van der Waals surface area contributed by atoms with Gasteiger partial charge in [-0.1, -0.05) is 26.0 Å². The minimum Gasteiger partial charge on any atom is -0.396 e. The molecule has 0 bridgehead atoms. The molecule has 0 radical (unpaired) electrons. The Balaban J connectivity index is 1.79. The summed E-state index contributed by atoms with van der Waals surface area (Å²) >= 11 is 0. The van der Waals surface area contributed by atoms with E-state index in [1.807, 2.05) is 13.8 Å². The molecule has 1 aliphatic rings. The molecule has 1 amide bonds. The number of likely N-dealkylation sites (tertiary alicyclic amines) is 1. The summed E-state index contributed by atoms with van der Waals surface area (Å²) in [6.07, 6.45) is 3.63. The van der Waals surface area contributed by atoms with Crippen molar-refractivity contribution in [3.63, 3.8) is 0 Å². The summed E-state index contributed by atoms with van der Waals surface area (Å²) in [4.78, 5) is 14.6. The third kappa shape index (κ3) is 5.56. The standard InChI is InChI=1S/C19H29FN2O2/c1-19(2,14-23)10-4-11-21-18(24)17-5-3-12-22(17)13-15-6-8-16(20)9-7-15/h6-9,17,23H,3-5,10-14H2,1-2H3,(H,21,24). The predicted molar refractivity (Wildman–Crippen MR) is 92.9 cm³/mol. The van der Waals surface area contributed by atoms with Crippen LogP contribution in [0.4, 0.5) is 4.39 Å². The topological polar surface area (TPSA) is 52.6 Å². The van der Waals surface area contributed by atoms with Crippen molar-refractivity contribution in [3.8, 4) is 0 Å². The first-order valence-electron chi connectivity index (χ1n) is 8.78. The van der Waals surface area contributed by atoms with Crippen molar-refractivity contribution < 1.29 is 14.3 Å². The molecule has 1 fully saturated rings. The number of aliphatic hydroxyl groups excluding tert-OH is 1. The van der Waals surface area contributed by atoms with Crippen molar-refractivity contribution >= 4 is 5.91 Å². The molecular weight excluding hydrogens is 307 g/mol. The number of halogens is 1. The van der Waals surface area contributed by atoms with Gasteiger partial charge in [0.1, 0.15) is 5.82 Å². The number of carbonyl (C=O) groups excluding carboxylic acids is 1. The molecule has 5 heteroatoms. The van der Waals surface area contributed by atoms with Crippen molar-refractivity contribution in [2.75, 3.05) is 19.7 Å². The molecule has 1 saturated heterocycles. The molecule has 0 spiro atoms. The van der Waals surface area contributed by atoms with Crippen LogP contribution in [0.5, 0.6) is 0 Å². The van der Waals surface area contributed by atoms with Crippen LogP contribution in [0.15, 0.2) is 24.3 Å². The first kappa shape index (κ1) is 18.9. The van der Waals surface area contributed by atoms with E-state index in [0.717, 1.165) is 37.8 Å². The Bertz CT molecular complexity index is 531. The lowest BCUT2D eigenvalue weighted by Gasteiger charge is -2.24. The fourth-order valence-electron chi connectivity index (χ4n) is 3.11. The average Bonchev–Trinajstić information content (AvgIpc) is 3.02. The van der Waals surface area contributed by atoms with Gasteiger partial charge in [-0.15, -0.1) is 0 Å². The maximum absolute atomic E-state index is 13.0. The van der Waals surface area contributed by atoms with Gasteiger partial charge >= 0.3 is 0 Å². The molecule has 1 heterocycles. The average molecular weight is 336 g/mol. The van der Waals surface area contributed by atoms with E-state index in [9.17, 15) is 14.3 Å². The Morgan fingerprint density at radius 3 is 2.75 bits per heavy atom. The third-order valence-electron chi connectivity index (χ3n) is 4.72. The summed E-state index contributed by atoms with van der Waals surface area (Å²) in [5, 5.41) is 12.3. The van der Waals surface area contributed by atoms with Crippen molar-refractivity contribution in [2.45, 2.75) is 52.1 Å². The van der Waals surface area contributed by atoms with Crippen LogP contribution in [-0.4, -0.2) is 41.7 Å². The zero-order valence-electron chi connectivity index (χ0n) is 14.7. The van der Waals surface area contributed by atoms with Gasteiger partial charge in [-0.3, -0.25) is 9.69 Å². The molecule has 0 aromatic heterocycles. The molecule has 1 aromatic rings.